The molecule has 1 heterocycles. The van der Waals surface area contributed by atoms with E-state index in [1.807, 2.05) is 42.5 Å². The zero-order chi connectivity index (χ0) is 15.7. The fourth-order valence-electron chi connectivity index (χ4n) is 2.29. The first-order valence-corrected chi connectivity index (χ1v) is 7.33. The molecular weight excluding hydrogens is 302 g/mol. The first-order chi connectivity index (χ1) is 10.6. The zero-order valence-corrected chi connectivity index (χ0v) is 12.2. The molecule has 1 aliphatic heterocycles. The number of thioether (sulfide) groups is 1. The second-order valence-electron chi connectivity index (χ2n) is 4.73. The number of amides is 2. The van der Waals surface area contributed by atoms with Crippen molar-refractivity contribution in [3.63, 3.8) is 0 Å². The molecule has 2 aromatic rings. The third-order valence-electron chi connectivity index (χ3n) is 3.28. The molecule has 1 aliphatic rings. The summed E-state index contributed by atoms with van der Waals surface area (Å²) in [5.74, 6) is -1.78. The number of fused-ring (bicyclic) bond motifs is 1. The highest BCUT2D eigenvalue weighted by atomic mass is 32.2. The summed E-state index contributed by atoms with van der Waals surface area (Å²) in [6, 6.07) is 13.4. The second-order valence-corrected chi connectivity index (χ2v) is 5.72. The topological polar surface area (TPSA) is 74.7 Å². The van der Waals surface area contributed by atoms with Gasteiger partial charge in [-0.2, -0.15) is 0 Å². The van der Waals surface area contributed by atoms with Crippen molar-refractivity contribution in [2.45, 2.75) is 0 Å². The van der Waals surface area contributed by atoms with Crippen LogP contribution in [0.2, 0.25) is 0 Å². The maximum absolute atomic E-state index is 12.1. The number of imide groups is 1. The van der Waals surface area contributed by atoms with Crippen molar-refractivity contribution in [1.82, 2.24) is 4.90 Å². The molecule has 0 aromatic heterocycles. The SMILES string of the molecule is O=C(O)CN1C(=O)SC(=Cc2cccc3ccccc23)C1=O. The Labute approximate surface area is 130 Å². The molecule has 2 aromatic carbocycles. The number of aliphatic carboxylic acids is 1. The molecule has 0 unspecified atom stereocenters. The monoisotopic (exact) mass is 313 g/mol. The van der Waals surface area contributed by atoms with Crippen LogP contribution >= 0.6 is 11.8 Å². The van der Waals surface area contributed by atoms with Crippen LogP contribution in [0.4, 0.5) is 4.79 Å². The van der Waals surface area contributed by atoms with E-state index in [1.165, 1.54) is 0 Å². The minimum absolute atomic E-state index is 0.239. The largest absolute Gasteiger partial charge is 0.480 e. The number of hydrogen-bond acceptors (Lipinski definition) is 4. The molecule has 0 bridgehead atoms. The molecule has 0 radical (unpaired) electrons. The van der Waals surface area contributed by atoms with Gasteiger partial charge in [-0.1, -0.05) is 42.5 Å². The first-order valence-electron chi connectivity index (χ1n) is 6.51. The number of benzene rings is 2. The molecule has 2 amide bonds. The maximum atomic E-state index is 12.1. The summed E-state index contributed by atoms with van der Waals surface area (Å²) in [5.41, 5.74) is 0.818. The van der Waals surface area contributed by atoms with E-state index in [4.69, 9.17) is 5.11 Å². The van der Waals surface area contributed by atoms with Crippen molar-refractivity contribution < 1.29 is 19.5 Å². The Kier molecular flexibility index (Phi) is 3.68. The Hall–Kier alpha value is -2.60. The Morgan fingerprint density at radius 3 is 2.64 bits per heavy atom. The minimum atomic E-state index is -1.21. The molecule has 1 saturated heterocycles. The van der Waals surface area contributed by atoms with Gasteiger partial charge in [-0.25, -0.2) is 0 Å². The second kappa shape index (κ2) is 5.65. The number of hydrogen-bond donors (Lipinski definition) is 1. The number of carbonyl (C=O) groups excluding carboxylic acids is 2. The van der Waals surface area contributed by atoms with Gasteiger partial charge < -0.3 is 5.11 Å². The molecule has 5 nitrogen and oxygen atoms in total. The van der Waals surface area contributed by atoms with Gasteiger partial charge in [0.2, 0.25) is 0 Å². The highest BCUT2D eigenvalue weighted by Crippen LogP contribution is 2.33. The van der Waals surface area contributed by atoms with Gasteiger partial charge in [0.15, 0.2) is 0 Å². The van der Waals surface area contributed by atoms with E-state index in [9.17, 15) is 14.4 Å². The highest BCUT2D eigenvalue weighted by molar-refractivity contribution is 8.18. The Balaban J connectivity index is 2.00. The van der Waals surface area contributed by atoms with E-state index < -0.39 is 23.7 Å². The van der Waals surface area contributed by atoms with Gasteiger partial charge in [0.25, 0.3) is 11.1 Å². The summed E-state index contributed by atoms with van der Waals surface area (Å²) in [6.07, 6.45) is 1.63. The molecule has 22 heavy (non-hydrogen) atoms. The molecule has 1 fully saturated rings. The van der Waals surface area contributed by atoms with Gasteiger partial charge in [-0.15, -0.1) is 0 Å². The Bertz CT molecular complexity index is 823. The number of carboxylic acids is 1. The predicted octanol–water partition coefficient (Wildman–Crippen LogP) is 2.96. The molecule has 0 saturated carbocycles. The van der Waals surface area contributed by atoms with Crippen LogP contribution in [-0.2, 0) is 9.59 Å². The van der Waals surface area contributed by atoms with Gasteiger partial charge in [0, 0.05) is 0 Å². The van der Waals surface area contributed by atoms with E-state index in [-0.39, 0.29) is 4.91 Å². The van der Waals surface area contributed by atoms with Crippen LogP contribution < -0.4 is 0 Å². The van der Waals surface area contributed by atoms with Gasteiger partial charge in [0.05, 0.1) is 4.91 Å². The van der Waals surface area contributed by atoms with Crippen LogP contribution in [0.3, 0.4) is 0 Å². The van der Waals surface area contributed by atoms with Crippen LogP contribution in [0.25, 0.3) is 16.8 Å². The molecular formula is C16H11NO4S. The summed E-state index contributed by atoms with van der Waals surface area (Å²) in [4.78, 5) is 35.6. The summed E-state index contributed by atoms with van der Waals surface area (Å²) in [7, 11) is 0. The van der Waals surface area contributed by atoms with Crippen molar-refractivity contribution in [1.29, 1.82) is 0 Å². The smallest absolute Gasteiger partial charge is 0.323 e. The normalized spacial score (nSPS) is 16.7. The minimum Gasteiger partial charge on any atom is -0.480 e. The molecule has 0 aliphatic carbocycles. The van der Waals surface area contributed by atoms with Crippen molar-refractivity contribution in [3.8, 4) is 0 Å². The van der Waals surface area contributed by atoms with Gasteiger partial charge in [-0.3, -0.25) is 19.3 Å². The van der Waals surface area contributed by atoms with E-state index in [1.54, 1.807) is 6.08 Å². The Morgan fingerprint density at radius 2 is 1.86 bits per heavy atom. The molecule has 6 heteroatoms. The molecule has 0 spiro atoms. The lowest BCUT2D eigenvalue weighted by Crippen LogP contribution is -2.33. The van der Waals surface area contributed by atoms with E-state index in [0.717, 1.165) is 33.0 Å². The van der Waals surface area contributed by atoms with Crippen LogP contribution in [0.15, 0.2) is 47.4 Å². The average molecular weight is 313 g/mol. The third kappa shape index (κ3) is 2.60. The first kappa shape index (κ1) is 14.3. The van der Waals surface area contributed by atoms with E-state index >= 15 is 0 Å². The summed E-state index contributed by atoms with van der Waals surface area (Å²) in [5, 5.41) is 10.2. The van der Waals surface area contributed by atoms with Gasteiger partial charge >= 0.3 is 5.97 Å². The van der Waals surface area contributed by atoms with Crippen LogP contribution in [-0.4, -0.2) is 33.7 Å². The molecule has 1 N–H and O–H groups in total. The summed E-state index contributed by atoms with van der Waals surface area (Å²) >= 11 is 0.762. The highest BCUT2D eigenvalue weighted by Gasteiger charge is 2.36. The quantitative estimate of drug-likeness (QED) is 0.882. The lowest BCUT2D eigenvalue weighted by molar-refractivity contribution is -0.140. The number of carboxylic acid groups (broad SMARTS) is 1. The van der Waals surface area contributed by atoms with Crippen LogP contribution in [0.1, 0.15) is 5.56 Å². The van der Waals surface area contributed by atoms with Crippen molar-refractivity contribution in [3.05, 3.63) is 52.9 Å². The fraction of sp³-hybridized carbons (Fsp3) is 0.0625. The fourth-order valence-corrected chi connectivity index (χ4v) is 3.12. The van der Waals surface area contributed by atoms with Crippen molar-refractivity contribution in [2.75, 3.05) is 6.54 Å². The van der Waals surface area contributed by atoms with Crippen molar-refractivity contribution in [2.24, 2.45) is 0 Å². The zero-order valence-electron chi connectivity index (χ0n) is 11.4. The standard InChI is InChI=1S/C16H11NO4S/c18-14(19)9-17-15(20)13(22-16(17)21)8-11-6-3-5-10-4-1-2-7-12(10)11/h1-8H,9H2,(H,18,19). The maximum Gasteiger partial charge on any atom is 0.323 e. The lowest BCUT2D eigenvalue weighted by Gasteiger charge is -2.08. The summed E-state index contributed by atoms with van der Waals surface area (Å²) < 4.78 is 0. The number of rotatable bonds is 3. The van der Waals surface area contributed by atoms with Crippen LogP contribution in [0, 0.1) is 0 Å². The third-order valence-corrected chi connectivity index (χ3v) is 4.18. The number of nitrogens with zero attached hydrogens (tertiary/aromatic N) is 1. The van der Waals surface area contributed by atoms with Crippen LogP contribution in [0.5, 0.6) is 0 Å². The van der Waals surface area contributed by atoms with E-state index in [0.29, 0.717) is 0 Å². The number of carbonyl (C=O) groups is 3. The van der Waals surface area contributed by atoms with E-state index in [2.05, 4.69) is 0 Å². The van der Waals surface area contributed by atoms with Gasteiger partial charge in [-0.05, 0) is 34.2 Å². The predicted molar refractivity (Wildman–Crippen MR) is 84.3 cm³/mol. The lowest BCUT2D eigenvalue weighted by atomic mass is 10.0. The van der Waals surface area contributed by atoms with Crippen molar-refractivity contribution >= 4 is 45.7 Å². The molecule has 3 rings (SSSR count). The molecule has 0 atom stereocenters. The Morgan fingerprint density at radius 1 is 1.14 bits per heavy atom. The summed E-state index contributed by atoms with van der Waals surface area (Å²) in [6.45, 7) is -0.614. The average Bonchev–Trinajstić information content (AvgIpc) is 2.75. The molecule has 110 valence electrons. The van der Waals surface area contributed by atoms with Gasteiger partial charge in [0.1, 0.15) is 6.54 Å².